The third kappa shape index (κ3) is 3.89. The van der Waals surface area contributed by atoms with Crippen LogP contribution in [0.2, 0.25) is 0 Å². The van der Waals surface area contributed by atoms with Crippen LogP contribution in [0.1, 0.15) is 42.0 Å². The van der Waals surface area contributed by atoms with Gasteiger partial charge in [0.2, 0.25) is 0 Å². The maximum atomic E-state index is 12.9. The minimum Gasteiger partial charge on any atom is -0.338 e. The second-order valence-electron chi connectivity index (χ2n) is 6.90. The second kappa shape index (κ2) is 7.70. The van der Waals surface area contributed by atoms with Gasteiger partial charge in [-0.25, -0.2) is 9.97 Å². The lowest BCUT2D eigenvalue weighted by Gasteiger charge is -2.20. The summed E-state index contributed by atoms with van der Waals surface area (Å²) in [6.07, 6.45) is 6.26. The van der Waals surface area contributed by atoms with Gasteiger partial charge in [-0.05, 0) is 31.9 Å². The molecule has 0 bridgehead atoms. The number of hydrogen-bond acceptors (Lipinski definition) is 5. The van der Waals surface area contributed by atoms with Gasteiger partial charge in [-0.3, -0.25) is 9.78 Å². The number of pyridine rings is 1. The number of hydrogen-bond donors (Lipinski definition) is 1. The molecule has 27 heavy (non-hydrogen) atoms. The van der Waals surface area contributed by atoms with E-state index in [9.17, 15) is 4.79 Å². The molecule has 0 atom stereocenters. The summed E-state index contributed by atoms with van der Waals surface area (Å²) in [6, 6.07) is 11.6. The number of benzene rings is 1. The zero-order valence-corrected chi connectivity index (χ0v) is 15.5. The Bertz CT molecular complexity index is 958. The average Bonchev–Trinajstić information content (AvgIpc) is 2.97. The van der Waals surface area contributed by atoms with Crippen molar-refractivity contribution in [2.24, 2.45) is 0 Å². The van der Waals surface area contributed by atoms with E-state index in [1.54, 1.807) is 12.3 Å². The highest BCUT2D eigenvalue weighted by Crippen LogP contribution is 2.24. The minimum absolute atomic E-state index is 0.0125. The van der Waals surface area contributed by atoms with Crippen LogP contribution in [0, 0.1) is 6.92 Å². The molecule has 0 aliphatic carbocycles. The number of rotatable bonds is 3. The predicted molar refractivity (Wildman–Crippen MR) is 106 cm³/mol. The fourth-order valence-corrected chi connectivity index (χ4v) is 3.52. The van der Waals surface area contributed by atoms with Gasteiger partial charge in [0, 0.05) is 30.7 Å². The predicted octanol–water partition coefficient (Wildman–Crippen LogP) is 4.09. The molecule has 4 rings (SSSR count). The summed E-state index contributed by atoms with van der Waals surface area (Å²) in [7, 11) is 0. The molecule has 3 aromatic rings. The number of nitrogens with one attached hydrogen (secondary N) is 1. The molecule has 2 aromatic heterocycles. The average molecular weight is 361 g/mol. The maximum Gasteiger partial charge on any atom is 0.272 e. The van der Waals surface area contributed by atoms with E-state index < -0.39 is 0 Å². The molecule has 3 heterocycles. The van der Waals surface area contributed by atoms with Gasteiger partial charge in [0.05, 0.1) is 11.2 Å². The Balaban J connectivity index is 1.63. The van der Waals surface area contributed by atoms with Gasteiger partial charge < -0.3 is 10.2 Å². The number of likely N-dealkylation sites (tertiary alicyclic amines) is 1. The molecule has 1 N–H and O–H groups in total. The van der Waals surface area contributed by atoms with Crippen LogP contribution in [0.5, 0.6) is 0 Å². The van der Waals surface area contributed by atoms with Crippen molar-refractivity contribution in [3.63, 3.8) is 0 Å². The van der Waals surface area contributed by atoms with Gasteiger partial charge in [-0.15, -0.1) is 0 Å². The van der Waals surface area contributed by atoms with Gasteiger partial charge in [0.25, 0.3) is 5.91 Å². The number of anilines is 2. The number of aryl methyl sites for hydroxylation is 1. The summed E-state index contributed by atoms with van der Waals surface area (Å²) in [5.41, 5.74) is 2.18. The maximum absolute atomic E-state index is 12.9. The molecule has 1 saturated heterocycles. The smallest absolute Gasteiger partial charge is 0.272 e. The molecule has 1 aliphatic heterocycles. The number of carbonyl (C=O) groups is 1. The molecule has 138 valence electrons. The van der Waals surface area contributed by atoms with E-state index in [0.717, 1.165) is 42.5 Å². The Morgan fingerprint density at radius 1 is 1.04 bits per heavy atom. The molecule has 0 unspecified atom stereocenters. The molecule has 0 radical (unpaired) electrons. The topological polar surface area (TPSA) is 71.0 Å². The SMILES string of the molecule is Cc1nc(Nc2cccc3cccnc23)cc(C(=O)N2CCCCCC2)n1. The molecule has 1 amide bonds. The van der Waals surface area contributed by atoms with E-state index in [1.807, 2.05) is 42.2 Å². The monoisotopic (exact) mass is 361 g/mol. The Hall–Kier alpha value is -3.02. The third-order valence-corrected chi connectivity index (χ3v) is 4.85. The van der Waals surface area contributed by atoms with Crippen molar-refractivity contribution in [1.82, 2.24) is 19.9 Å². The summed E-state index contributed by atoms with van der Waals surface area (Å²) < 4.78 is 0. The first-order valence-corrected chi connectivity index (χ1v) is 9.46. The Kier molecular flexibility index (Phi) is 4.96. The largest absolute Gasteiger partial charge is 0.338 e. The van der Waals surface area contributed by atoms with Crippen molar-refractivity contribution < 1.29 is 4.79 Å². The van der Waals surface area contributed by atoms with Crippen molar-refractivity contribution in [3.05, 3.63) is 54.1 Å². The summed E-state index contributed by atoms with van der Waals surface area (Å²) in [6.45, 7) is 3.42. The highest BCUT2D eigenvalue weighted by molar-refractivity contribution is 5.94. The number of fused-ring (bicyclic) bond motifs is 1. The van der Waals surface area contributed by atoms with Crippen molar-refractivity contribution in [2.45, 2.75) is 32.6 Å². The zero-order valence-electron chi connectivity index (χ0n) is 15.5. The first kappa shape index (κ1) is 17.4. The molecular weight excluding hydrogens is 338 g/mol. The van der Waals surface area contributed by atoms with Gasteiger partial charge in [0.15, 0.2) is 0 Å². The summed E-state index contributed by atoms with van der Waals surface area (Å²) in [4.78, 5) is 28.1. The Labute approximate surface area is 158 Å². The Morgan fingerprint density at radius 3 is 2.63 bits per heavy atom. The third-order valence-electron chi connectivity index (χ3n) is 4.85. The van der Waals surface area contributed by atoms with Crippen LogP contribution >= 0.6 is 0 Å². The molecular formula is C21H23N5O. The van der Waals surface area contributed by atoms with Crippen molar-refractivity contribution >= 4 is 28.3 Å². The van der Waals surface area contributed by atoms with E-state index in [-0.39, 0.29) is 5.91 Å². The summed E-state index contributed by atoms with van der Waals surface area (Å²) >= 11 is 0. The number of para-hydroxylation sites is 1. The van der Waals surface area contributed by atoms with E-state index in [2.05, 4.69) is 20.3 Å². The van der Waals surface area contributed by atoms with Crippen LogP contribution in [0.4, 0.5) is 11.5 Å². The fourth-order valence-electron chi connectivity index (χ4n) is 3.52. The first-order valence-electron chi connectivity index (χ1n) is 9.46. The van der Waals surface area contributed by atoms with Gasteiger partial charge in [0.1, 0.15) is 17.3 Å². The van der Waals surface area contributed by atoms with Crippen LogP contribution in [0.15, 0.2) is 42.6 Å². The zero-order chi connectivity index (χ0) is 18.6. The second-order valence-corrected chi connectivity index (χ2v) is 6.90. The molecule has 1 fully saturated rings. The van der Waals surface area contributed by atoms with Gasteiger partial charge in [-0.2, -0.15) is 0 Å². The van der Waals surface area contributed by atoms with E-state index in [0.29, 0.717) is 17.3 Å². The van der Waals surface area contributed by atoms with E-state index >= 15 is 0 Å². The molecule has 0 spiro atoms. The van der Waals surface area contributed by atoms with Crippen LogP contribution < -0.4 is 5.32 Å². The van der Waals surface area contributed by atoms with Gasteiger partial charge >= 0.3 is 0 Å². The molecule has 6 nitrogen and oxygen atoms in total. The van der Waals surface area contributed by atoms with Crippen molar-refractivity contribution in [2.75, 3.05) is 18.4 Å². The number of carbonyl (C=O) groups excluding carboxylic acids is 1. The van der Waals surface area contributed by atoms with Crippen molar-refractivity contribution in [3.8, 4) is 0 Å². The lowest BCUT2D eigenvalue weighted by Crippen LogP contribution is -2.32. The molecule has 1 aromatic carbocycles. The molecule has 1 aliphatic rings. The lowest BCUT2D eigenvalue weighted by atomic mass is 10.2. The molecule has 0 saturated carbocycles. The molecule has 6 heteroatoms. The quantitative estimate of drug-likeness (QED) is 0.761. The summed E-state index contributed by atoms with van der Waals surface area (Å²) in [5, 5.41) is 4.36. The number of amides is 1. The van der Waals surface area contributed by atoms with Gasteiger partial charge in [-0.1, -0.05) is 31.0 Å². The Morgan fingerprint density at radius 2 is 1.81 bits per heavy atom. The number of nitrogens with zero attached hydrogens (tertiary/aromatic N) is 4. The first-order chi connectivity index (χ1) is 13.2. The van der Waals surface area contributed by atoms with Crippen LogP contribution in [0.25, 0.3) is 10.9 Å². The van der Waals surface area contributed by atoms with Crippen LogP contribution in [-0.2, 0) is 0 Å². The van der Waals surface area contributed by atoms with Crippen LogP contribution in [-0.4, -0.2) is 38.8 Å². The van der Waals surface area contributed by atoms with Crippen molar-refractivity contribution in [1.29, 1.82) is 0 Å². The standard InChI is InChI=1S/C21H23N5O/c1-15-23-18(21(27)26-12-4-2-3-5-13-26)14-19(24-15)25-17-10-6-8-16-9-7-11-22-20(16)17/h6-11,14H,2-5,12-13H2,1H3,(H,23,24,25). The highest BCUT2D eigenvalue weighted by atomic mass is 16.2. The van der Waals surface area contributed by atoms with E-state index in [1.165, 1.54) is 12.8 Å². The lowest BCUT2D eigenvalue weighted by molar-refractivity contribution is 0.0755. The van der Waals surface area contributed by atoms with Crippen LogP contribution in [0.3, 0.4) is 0 Å². The highest BCUT2D eigenvalue weighted by Gasteiger charge is 2.20. The number of aromatic nitrogens is 3. The fraction of sp³-hybridized carbons (Fsp3) is 0.333. The van der Waals surface area contributed by atoms with E-state index in [4.69, 9.17) is 0 Å². The summed E-state index contributed by atoms with van der Waals surface area (Å²) in [5.74, 6) is 1.17. The normalized spacial score (nSPS) is 14.8. The minimum atomic E-state index is -0.0125.